The Morgan fingerprint density at radius 1 is 1.30 bits per heavy atom. The van der Waals surface area contributed by atoms with Crippen LogP contribution >= 0.6 is 0 Å². The van der Waals surface area contributed by atoms with Gasteiger partial charge in [0.25, 0.3) is 5.91 Å². The topological polar surface area (TPSA) is 97.0 Å². The first-order valence-corrected chi connectivity index (χ1v) is 6.15. The quantitative estimate of drug-likeness (QED) is 0.824. The number of nitriles is 2. The summed E-state index contributed by atoms with van der Waals surface area (Å²) in [6.45, 7) is 2.10. The van der Waals surface area contributed by atoms with Gasteiger partial charge < -0.3 is 5.32 Å². The van der Waals surface area contributed by atoms with Crippen LogP contribution in [0.5, 0.6) is 0 Å². The first-order chi connectivity index (χ1) is 9.60. The molecule has 0 aliphatic carbocycles. The lowest BCUT2D eigenvalue weighted by atomic mass is 10.1. The summed E-state index contributed by atoms with van der Waals surface area (Å²) in [5.74, 6) is -0.468. The van der Waals surface area contributed by atoms with Crippen LogP contribution in [0, 0.1) is 22.7 Å². The molecule has 1 fully saturated rings. The molecular weight excluding hydrogens is 256 g/mol. The highest BCUT2D eigenvalue weighted by atomic mass is 16.2. The van der Waals surface area contributed by atoms with Crippen molar-refractivity contribution in [3.05, 3.63) is 29.3 Å². The van der Waals surface area contributed by atoms with Gasteiger partial charge in [0.1, 0.15) is 18.2 Å². The molecule has 1 saturated heterocycles. The third-order valence-electron chi connectivity index (χ3n) is 3.16. The number of hydrogen-bond donors (Lipinski definition) is 1. The number of imide groups is 1. The molecule has 100 valence electrons. The van der Waals surface area contributed by atoms with Crippen LogP contribution in [-0.2, 0) is 9.59 Å². The number of anilines is 1. The average molecular weight is 268 g/mol. The van der Waals surface area contributed by atoms with Gasteiger partial charge in [-0.15, -0.1) is 0 Å². The van der Waals surface area contributed by atoms with E-state index in [-0.39, 0.29) is 29.4 Å². The van der Waals surface area contributed by atoms with Gasteiger partial charge in [-0.1, -0.05) is 0 Å². The third-order valence-corrected chi connectivity index (χ3v) is 3.16. The summed E-state index contributed by atoms with van der Waals surface area (Å²) in [5, 5.41) is 20.7. The van der Waals surface area contributed by atoms with Crippen LogP contribution in [0.1, 0.15) is 24.5 Å². The fraction of sp³-hybridized carbons (Fsp3) is 0.286. The van der Waals surface area contributed by atoms with Gasteiger partial charge in [-0.3, -0.25) is 14.5 Å². The van der Waals surface area contributed by atoms with Crippen molar-refractivity contribution >= 4 is 17.5 Å². The Labute approximate surface area is 116 Å². The molecule has 1 heterocycles. The van der Waals surface area contributed by atoms with Crippen molar-refractivity contribution in [2.24, 2.45) is 0 Å². The number of nitrogens with one attached hydrogen (secondary N) is 1. The highest BCUT2D eigenvalue weighted by Gasteiger charge is 2.37. The molecule has 6 heteroatoms. The van der Waals surface area contributed by atoms with Crippen LogP contribution in [0.2, 0.25) is 0 Å². The number of amides is 2. The van der Waals surface area contributed by atoms with Crippen LogP contribution in [0.3, 0.4) is 0 Å². The van der Waals surface area contributed by atoms with Crippen LogP contribution in [0.15, 0.2) is 18.2 Å². The van der Waals surface area contributed by atoms with Gasteiger partial charge in [0.15, 0.2) is 0 Å². The Kier molecular flexibility index (Phi) is 3.67. The normalized spacial score (nSPS) is 17.8. The zero-order chi connectivity index (χ0) is 14.7. The minimum absolute atomic E-state index is 0.106. The van der Waals surface area contributed by atoms with Crippen molar-refractivity contribution < 1.29 is 9.59 Å². The number of hydrogen-bond acceptors (Lipinski definition) is 5. The smallest absolute Gasteiger partial charge is 0.252 e. The SMILES string of the molecule is CCN1C(=O)CC(Nc2ccc(C#N)c(C#N)c2)C1=O. The second-order valence-corrected chi connectivity index (χ2v) is 4.36. The first-order valence-electron chi connectivity index (χ1n) is 6.15. The number of likely N-dealkylation sites (tertiary alicyclic amines) is 1. The van der Waals surface area contributed by atoms with Crippen molar-refractivity contribution in [2.75, 3.05) is 11.9 Å². The summed E-state index contributed by atoms with van der Waals surface area (Å²) in [5.41, 5.74) is 1.06. The predicted octanol–water partition coefficient (Wildman–Crippen LogP) is 0.989. The number of benzene rings is 1. The molecule has 1 unspecified atom stereocenters. The van der Waals surface area contributed by atoms with Crippen molar-refractivity contribution in [1.82, 2.24) is 4.90 Å². The van der Waals surface area contributed by atoms with Gasteiger partial charge in [0, 0.05) is 12.2 Å². The van der Waals surface area contributed by atoms with E-state index in [1.165, 1.54) is 17.0 Å². The molecule has 1 aromatic carbocycles. The van der Waals surface area contributed by atoms with E-state index in [1.54, 1.807) is 13.0 Å². The van der Waals surface area contributed by atoms with E-state index >= 15 is 0 Å². The summed E-state index contributed by atoms with van der Waals surface area (Å²) in [6.07, 6.45) is 0.106. The summed E-state index contributed by atoms with van der Waals surface area (Å²) in [4.78, 5) is 24.8. The standard InChI is InChI=1S/C14H12N4O2/c1-2-18-13(19)6-12(14(18)20)17-11-4-3-9(7-15)10(5-11)8-16/h3-5,12,17H,2,6H2,1H3. The van der Waals surface area contributed by atoms with Crippen LogP contribution < -0.4 is 5.32 Å². The van der Waals surface area contributed by atoms with E-state index in [1.807, 2.05) is 12.1 Å². The van der Waals surface area contributed by atoms with Gasteiger partial charge in [0.05, 0.1) is 17.5 Å². The van der Waals surface area contributed by atoms with Gasteiger partial charge >= 0.3 is 0 Å². The van der Waals surface area contributed by atoms with E-state index in [2.05, 4.69) is 5.32 Å². The van der Waals surface area contributed by atoms with Crippen molar-refractivity contribution in [3.63, 3.8) is 0 Å². The third kappa shape index (κ3) is 2.32. The van der Waals surface area contributed by atoms with E-state index in [9.17, 15) is 9.59 Å². The van der Waals surface area contributed by atoms with Gasteiger partial charge in [0.2, 0.25) is 5.91 Å². The van der Waals surface area contributed by atoms with Gasteiger partial charge in [-0.05, 0) is 25.1 Å². The second-order valence-electron chi connectivity index (χ2n) is 4.36. The molecule has 0 radical (unpaired) electrons. The molecule has 2 rings (SSSR count). The lowest BCUT2D eigenvalue weighted by Gasteiger charge is -2.14. The summed E-state index contributed by atoms with van der Waals surface area (Å²) < 4.78 is 0. The minimum atomic E-state index is -0.609. The zero-order valence-electron chi connectivity index (χ0n) is 10.9. The van der Waals surface area contributed by atoms with Gasteiger partial charge in [-0.2, -0.15) is 10.5 Å². The number of rotatable bonds is 3. The Morgan fingerprint density at radius 3 is 2.55 bits per heavy atom. The Balaban J connectivity index is 2.20. The monoisotopic (exact) mass is 268 g/mol. The second kappa shape index (κ2) is 5.41. The van der Waals surface area contributed by atoms with E-state index in [0.29, 0.717) is 12.2 Å². The zero-order valence-corrected chi connectivity index (χ0v) is 10.9. The molecule has 1 aliphatic rings. The molecule has 0 saturated carbocycles. The largest absolute Gasteiger partial charge is 0.373 e. The average Bonchev–Trinajstić information content (AvgIpc) is 2.72. The fourth-order valence-corrected chi connectivity index (χ4v) is 2.15. The first kappa shape index (κ1) is 13.6. The molecule has 2 amide bonds. The number of carbonyl (C=O) groups is 2. The van der Waals surface area contributed by atoms with Gasteiger partial charge in [-0.25, -0.2) is 0 Å². The van der Waals surface area contributed by atoms with E-state index < -0.39 is 6.04 Å². The number of nitrogens with zero attached hydrogens (tertiary/aromatic N) is 3. The molecular formula is C14H12N4O2. The molecule has 0 spiro atoms. The van der Waals surface area contributed by atoms with Crippen molar-refractivity contribution in [1.29, 1.82) is 10.5 Å². The molecule has 20 heavy (non-hydrogen) atoms. The van der Waals surface area contributed by atoms with E-state index in [0.717, 1.165) is 0 Å². The lowest BCUT2D eigenvalue weighted by Crippen LogP contribution is -2.34. The minimum Gasteiger partial charge on any atom is -0.373 e. The summed E-state index contributed by atoms with van der Waals surface area (Å²) in [7, 11) is 0. The molecule has 1 N–H and O–H groups in total. The fourth-order valence-electron chi connectivity index (χ4n) is 2.15. The molecule has 6 nitrogen and oxygen atoms in total. The lowest BCUT2D eigenvalue weighted by molar-refractivity contribution is -0.138. The maximum atomic E-state index is 12.0. The Morgan fingerprint density at radius 2 is 2.00 bits per heavy atom. The van der Waals surface area contributed by atoms with Crippen LogP contribution in [0.4, 0.5) is 5.69 Å². The molecule has 1 aromatic rings. The summed E-state index contributed by atoms with van der Waals surface area (Å²) in [6, 6.07) is 7.87. The van der Waals surface area contributed by atoms with Crippen LogP contribution in [-0.4, -0.2) is 29.3 Å². The van der Waals surface area contributed by atoms with Crippen LogP contribution in [0.25, 0.3) is 0 Å². The van der Waals surface area contributed by atoms with Crippen molar-refractivity contribution in [3.8, 4) is 12.1 Å². The molecule has 0 aromatic heterocycles. The highest BCUT2D eigenvalue weighted by Crippen LogP contribution is 2.20. The van der Waals surface area contributed by atoms with Crippen molar-refractivity contribution in [2.45, 2.75) is 19.4 Å². The molecule has 1 atom stereocenters. The highest BCUT2D eigenvalue weighted by molar-refractivity contribution is 6.06. The number of carbonyl (C=O) groups excluding carboxylic acids is 2. The summed E-state index contributed by atoms with van der Waals surface area (Å²) >= 11 is 0. The maximum absolute atomic E-state index is 12.0. The number of likely N-dealkylation sites (N-methyl/N-ethyl adjacent to an activating group) is 1. The maximum Gasteiger partial charge on any atom is 0.252 e. The van der Waals surface area contributed by atoms with E-state index in [4.69, 9.17) is 10.5 Å². The Bertz CT molecular complexity index is 654. The Hall–Kier alpha value is -2.86. The predicted molar refractivity (Wildman–Crippen MR) is 70.3 cm³/mol. The molecule has 0 bridgehead atoms. The molecule has 1 aliphatic heterocycles.